The third-order valence-electron chi connectivity index (χ3n) is 5.39. The minimum atomic E-state index is -10.7. The predicted octanol–water partition coefficient (Wildman–Crippen LogP) is 6.65. The van der Waals surface area contributed by atoms with Crippen molar-refractivity contribution in [1.29, 1.82) is 0 Å². The predicted molar refractivity (Wildman–Crippen MR) is 81.5 cm³/mol. The second-order valence-corrected chi connectivity index (χ2v) is 8.95. The van der Waals surface area contributed by atoms with Gasteiger partial charge < -0.3 is 0 Å². The molecule has 0 N–H and O–H groups in total. The first kappa shape index (κ1) is 17.7. The fraction of sp³-hybridized carbons (Fsp3) is 0.562. The van der Waals surface area contributed by atoms with Crippen LogP contribution in [-0.2, 0) is 0 Å². The Bertz CT molecular complexity index is 628. The zero-order valence-electron chi connectivity index (χ0n) is 13.0. The van der Waals surface area contributed by atoms with Gasteiger partial charge in [0, 0.05) is 18.6 Å². The van der Waals surface area contributed by atoms with Gasteiger partial charge in [-0.25, -0.2) is 0 Å². The molecule has 0 amide bonds. The van der Waals surface area contributed by atoms with Crippen molar-refractivity contribution in [2.24, 2.45) is 23.7 Å². The first-order chi connectivity index (χ1) is 10.9. The van der Waals surface area contributed by atoms with Crippen molar-refractivity contribution in [2.75, 3.05) is 0 Å². The summed E-state index contributed by atoms with van der Waals surface area (Å²) in [6.07, 6.45) is 14.1. The molecule has 1 heterocycles. The van der Waals surface area contributed by atoms with Gasteiger partial charge in [-0.1, -0.05) is 6.07 Å². The molecule has 1 aromatic rings. The maximum absolute atomic E-state index is 10.7. The Labute approximate surface area is 136 Å². The summed E-state index contributed by atoms with van der Waals surface area (Å²) in [4.78, 5) is 0. The first-order valence-corrected chi connectivity index (χ1v) is 10.1. The molecule has 8 heteroatoms. The summed E-state index contributed by atoms with van der Waals surface area (Å²) in [5, 5.41) is 0. The van der Waals surface area contributed by atoms with Crippen LogP contribution in [0.1, 0.15) is 32.1 Å². The van der Waals surface area contributed by atoms with Crippen LogP contribution in [0.25, 0.3) is 5.70 Å². The fourth-order valence-electron chi connectivity index (χ4n) is 4.61. The van der Waals surface area contributed by atoms with Crippen LogP contribution in [0.3, 0.4) is 0 Å². The molecule has 0 aliphatic heterocycles. The van der Waals surface area contributed by atoms with Gasteiger partial charge in [-0.3, -0.25) is 0 Å². The summed E-state index contributed by atoms with van der Waals surface area (Å²) in [7, 11) is -10.7. The van der Waals surface area contributed by atoms with Gasteiger partial charge in [0.2, 0.25) is 0 Å². The van der Waals surface area contributed by atoms with E-state index < -0.39 is 7.81 Å². The Balaban J connectivity index is 0.000000209. The third-order valence-corrected chi connectivity index (χ3v) is 5.39. The molecule has 136 valence electrons. The number of pyridine rings is 1. The summed E-state index contributed by atoms with van der Waals surface area (Å²) in [5.41, 5.74) is 1.54. The van der Waals surface area contributed by atoms with Gasteiger partial charge in [-0.05, 0) is 55.4 Å². The SMILES string of the molecule is C1=C([n+]2ccccc2)CC2C(C1)[C@H]1CC[C@@H]2C1.F[P-](F)(F)(F)(F)F. The number of allylic oxidation sites excluding steroid dienone is 2. The topological polar surface area (TPSA) is 3.88 Å². The summed E-state index contributed by atoms with van der Waals surface area (Å²) in [5.74, 6) is 4.16. The van der Waals surface area contributed by atoms with Crippen molar-refractivity contribution in [3.63, 3.8) is 0 Å². The standard InChI is InChI=1S/C16H20N.F6P/c1-2-8-17(9-3-1)14-6-7-15-12-4-5-13(10-12)16(15)11-14;1-7(2,3,4,5)6/h1-3,6,8-9,12-13,15-16H,4-5,7,10-11H2;/q+1;-1/t12-,13+,15?,16?;/m0./s1. The number of nitrogens with zero attached hydrogens (tertiary/aromatic N) is 1. The quantitative estimate of drug-likeness (QED) is 0.295. The molecular weight excluding hydrogens is 351 g/mol. The summed E-state index contributed by atoms with van der Waals surface area (Å²) >= 11 is 0. The van der Waals surface area contributed by atoms with E-state index in [9.17, 15) is 25.2 Å². The zero-order chi connectivity index (χ0) is 17.7. The van der Waals surface area contributed by atoms with E-state index in [0.717, 1.165) is 23.7 Å². The third kappa shape index (κ3) is 4.95. The Morgan fingerprint density at radius 2 is 1.38 bits per heavy atom. The van der Waals surface area contributed by atoms with Crippen molar-refractivity contribution in [3.05, 3.63) is 36.7 Å². The second kappa shape index (κ2) is 5.20. The van der Waals surface area contributed by atoms with Gasteiger partial charge >= 0.3 is 33.0 Å². The molecule has 1 nitrogen and oxygen atoms in total. The van der Waals surface area contributed by atoms with Gasteiger partial charge in [-0.2, -0.15) is 4.57 Å². The maximum atomic E-state index is 9.87. The van der Waals surface area contributed by atoms with Crippen LogP contribution in [0.15, 0.2) is 36.7 Å². The van der Waals surface area contributed by atoms with E-state index in [2.05, 4.69) is 41.2 Å². The van der Waals surface area contributed by atoms with Crippen molar-refractivity contribution in [3.8, 4) is 0 Å². The van der Waals surface area contributed by atoms with Crippen LogP contribution >= 0.6 is 7.81 Å². The molecule has 1 aromatic heterocycles. The molecule has 0 saturated heterocycles. The van der Waals surface area contributed by atoms with Crippen molar-refractivity contribution < 1.29 is 29.7 Å². The monoisotopic (exact) mass is 371 g/mol. The number of hydrogen-bond donors (Lipinski definition) is 0. The molecule has 3 aliphatic carbocycles. The Hall–Kier alpha value is -1.10. The number of hydrogen-bond acceptors (Lipinski definition) is 0. The molecule has 0 aromatic carbocycles. The summed E-state index contributed by atoms with van der Waals surface area (Å²) in [6, 6.07) is 6.36. The number of aromatic nitrogens is 1. The van der Waals surface area contributed by atoms with Crippen LogP contribution in [0.4, 0.5) is 25.2 Å². The molecule has 2 saturated carbocycles. The van der Waals surface area contributed by atoms with Crippen LogP contribution in [0, 0.1) is 23.7 Å². The average molecular weight is 371 g/mol. The Morgan fingerprint density at radius 3 is 1.96 bits per heavy atom. The molecule has 2 unspecified atom stereocenters. The van der Waals surface area contributed by atoms with Gasteiger partial charge in [-0.15, -0.1) is 0 Å². The van der Waals surface area contributed by atoms with E-state index in [1.807, 2.05) is 0 Å². The first-order valence-electron chi connectivity index (χ1n) is 8.09. The van der Waals surface area contributed by atoms with Crippen LogP contribution in [-0.4, -0.2) is 0 Å². The van der Waals surface area contributed by atoms with E-state index in [4.69, 9.17) is 0 Å². The van der Waals surface area contributed by atoms with Crippen molar-refractivity contribution >= 4 is 13.5 Å². The number of halogens is 6. The number of fused-ring (bicyclic) bond motifs is 5. The zero-order valence-corrected chi connectivity index (χ0v) is 13.9. The Kier molecular flexibility index (Phi) is 3.84. The van der Waals surface area contributed by atoms with E-state index in [1.165, 1.54) is 32.1 Å². The van der Waals surface area contributed by atoms with Crippen LogP contribution in [0.2, 0.25) is 0 Å². The molecule has 3 aliphatic rings. The van der Waals surface area contributed by atoms with E-state index >= 15 is 0 Å². The van der Waals surface area contributed by atoms with Crippen molar-refractivity contribution in [1.82, 2.24) is 0 Å². The van der Waals surface area contributed by atoms with Crippen LogP contribution in [0.5, 0.6) is 0 Å². The molecule has 0 spiro atoms. The normalized spacial score (nSPS) is 34.3. The molecular formula is C16H20F6NP. The van der Waals surface area contributed by atoms with Gasteiger partial charge in [0.25, 0.3) is 0 Å². The van der Waals surface area contributed by atoms with Crippen LogP contribution < -0.4 is 4.57 Å². The Morgan fingerprint density at radius 1 is 0.833 bits per heavy atom. The minimum absolute atomic E-state index is 1.00. The summed E-state index contributed by atoms with van der Waals surface area (Å²) < 4.78 is 61.5. The van der Waals surface area contributed by atoms with Gasteiger partial charge in [0.15, 0.2) is 18.1 Å². The van der Waals surface area contributed by atoms with E-state index in [-0.39, 0.29) is 0 Å². The van der Waals surface area contributed by atoms with Gasteiger partial charge in [0.05, 0.1) is 0 Å². The molecule has 2 bridgehead atoms. The second-order valence-electron chi connectivity index (χ2n) is 7.04. The molecule has 0 radical (unpaired) electrons. The number of rotatable bonds is 1. The van der Waals surface area contributed by atoms with Gasteiger partial charge in [0.1, 0.15) is 0 Å². The van der Waals surface area contributed by atoms with E-state index in [0.29, 0.717) is 0 Å². The summed E-state index contributed by atoms with van der Waals surface area (Å²) in [6.45, 7) is 0. The molecule has 4 rings (SSSR count). The average Bonchev–Trinajstić information content (AvgIpc) is 3.06. The molecule has 24 heavy (non-hydrogen) atoms. The molecule has 4 atom stereocenters. The fourth-order valence-corrected chi connectivity index (χ4v) is 4.61. The van der Waals surface area contributed by atoms with Crippen molar-refractivity contribution in [2.45, 2.75) is 32.1 Å². The molecule has 2 fully saturated rings. The van der Waals surface area contributed by atoms with E-state index in [1.54, 1.807) is 5.70 Å².